The van der Waals surface area contributed by atoms with Gasteiger partial charge in [0.1, 0.15) is 29.6 Å². The zero-order valence-electron chi connectivity index (χ0n) is 18.4. The molecule has 0 spiro atoms. The number of nitrogens with zero attached hydrogens (tertiary/aromatic N) is 5. The van der Waals surface area contributed by atoms with Crippen LogP contribution in [-0.2, 0) is 11.0 Å². The van der Waals surface area contributed by atoms with E-state index in [1.165, 1.54) is 25.7 Å². The van der Waals surface area contributed by atoms with Gasteiger partial charge in [0, 0.05) is 18.7 Å². The second-order valence-electron chi connectivity index (χ2n) is 8.45. The average molecular weight is 484 g/mol. The van der Waals surface area contributed by atoms with Crippen LogP contribution < -0.4 is 10.6 Å². The molecule has 0 bridgehead atoms. The number of rotatable bonds is 3. The van der Waals surface area contributed by atoms with Gasteiger partial charge in [0.2, 0.25) is 5.91 Å². The number of nitrogens with two attached hydrogens (primary N) is 1. The predicted octanol–water partition coefficient (Wildman–Crippen LogP) is 3.04. The van der Waals surface area contributed by atoms with Crippen LogP contribution in [0.1, 0.15) is 26.3 Å². The fourth-order valence-corrected chi connectivity index (χ4v) is 4.37. The molecule has 1 saturated heterocycles. The molecule has 0 aliphatic carbocycles. The molecular formula is C21H21F5N6O2. The van der Waals surface area contributed by atoms with Crippen LogP contribution >= 0.6 is 0 Å². The maximum Gasteiger partial charge on any atom is 0.418 e. The second-order valence-corrected chi connectivity index (χ2v) is 8.45. The van der Waals surface area contributed by atoms with Gasteiger partial charge in [0.25, 0.3) is 0 Å². The Balaban J connectivity index is 1.90. The SMILES string of the molecule is CC(O)N1CCN(c2c(F)ccc(-c3cc(C(F)(F)F)c4c(N)ncnn34)c2F)C(=O)C1(C)C. The lowest BCUT2D eigenvalue weighted by molar-refractivity contribution is -0.140. The van der Waals surface area contributed by atoms with Gasteiger partial charge < -0.3 is 15.7 Å². The monoisotopic (exact) mass is 484 g/mol. The molecule has 1 fully saturated rings. The molecular weight excluding hydrogens is 463 g/mol. The second kappa shape index (κ2) is 7.87. The number of aromatic nitrogens is 3. The molecule has 1 unspecified atom stereocenters. The van der Waals surface area contributed by atoms with E-state index in [-0.39, 0.29) is 18.8 Å². The molecule has 1 atom stereocenters. The number of carbonyl (C=O) groups excluding carboxylic acids is 1. The van der Waals surface area contributed by atoms with Crippen LogP contribution in [0.3, 0.4) is 0 Å². The van der Waals surface area contributed by atoms with Gasteiger partial charge in [-0.25, -0.2) is 18.3 Å². The van der Waals surface area contributed by atoms with E-state index in [4.69, 9.17) is 5.73 Å². The minimum absolute atomic E-state index is 0.107. The van der Waals surface area contributed by atoms with Crippen LogP contribution in [-0.4, -0.2) is 55.4 Å². The summed E-state index contributed by atoms with van der Waals surface area (Å²) in [4.78, 5) is 19.1. The highest BCUT2D eigenvalue weighted by Crippen LogP contribution is 2.41. The molecule has 3 heterocycles. The number of alkyl halides is 3. The number of anilines is 2. The number of benzene rings is 1. The molecule has 1 amide bonds. The van der Waals surface area contributed by atoms with Crippen molar-refractivity contribution in [3.8, 4) is 11.3 Å². The van der Waals surface area contributed by atoms with Gasteiger partial charge in [-0.3, -0.25) is 9.69 Å². The number of aliphatic hydroxyl groups excluding tert-OH is 1. The van der Waals surface area contributed by atoms with Crippen LogP contribution in [0.4, 0.5) is 33.5 Å². The Morgan fingerprint density at radius 1 is 1.21 bits per heavy atom. The molecule has 2 aromatic heterocycles. The number of carbonyl (C=O) groups is 1. The largest absolute Gasteiger partial charge is 0.418 e. The van der Waals surface area contributed by atoms with Gasteiger partial charge in [0.05, 0.1) is 16.8 Å². The van der Waals surface area contributed by atoms with E-state index in [1.54, 1.807) is 0 Å². The summed E-state index contributed by atoms with van der Waals surface area (Å²) < 4.78 is 72.3. The summed E-state index contributed by atoms with van der Waals surface area (Å²) in [5, 5.41) is 13.7. The maximum atomic E-state index is 15.8. The number of amides is 1. The first-order valence-electron chi connectivity index (χ1n) is 10.2. The van der Waals surface area contributed by atoms with E-state index in [2.05, 4.69) is 10.1 Å². The topological polar surface area (TPSA) is 100.0 Å². The smallest absolute Gasteiger partial charge is 0.382 e. The predicted molar refractivity (Wildman–Crippen MR) is 113 cm³/mol. The first-order valence-corrected chi connectivity index (χ1v) is 10.2. The molecule has 1 aromatic carbocycles. The third-order valence-corrected chi connectivity index (χ3v) is 6.00. The van der Waals surface area contributed by atoms with Crippen molar-refractivity contribution >= 4 is 22.9 Å². The van der Waals surface area contributed by atoms with Crippen LogP contribution in [0, 0.1) is 11.6 Å². The van der Waals surface area contributed by atoms with E-state index in [1.807, 2.05) is 0 Å². The Morgan fingerprint density at radius 3 is 2.50 bits per heavy atom. The molecule has 182 valence electrons. The lowest BCUT2D eigenvalue weighted by Gasteiger charge is -2.47. The van der Waals surface area contributed by atoms with Gasteiger partial charge in [-0.15, -0.1) is 0 Å². The molecule has 3 N–H and O–H groups in total. The van der Waals surface area contributed by atoms with Crippen molar-refractivity contribution in [3.05, 3.63) is 41.7 Å². The number of halogens is 5. The van der Waals surface area contributed by atoms with Crippen LogP contribution in [0.15, 0.2) is 24.5 Å². The van der Waals surface area contributed by atoms with Gasteiger partial charge in [-0.2, -0.15) is 18.3 Å². The molecule has 13 heteroatoms. The zero-order chi connectivity index (χ0) is 25.2. The summed E-state index contributed by atoms with van der Waals surface area (Å²) in [7, 11) is 0. The van der Waals surface area contributed by atoms with Crippen molar-refractivity contribution in [3.63, 3.8) is 0 Å². The van der Waals surface area contributed by atoms with Gasteiger partial charge in [-0.05, 0) is 39.0 Å². The minimum Gasteiger partial charge on any atom is -0.382 e. The fourth-order valence-electron chi connectivity index (χ4n) is 4.37. The summed E-state index contributed by atoms with van der Waals surface area (Å²) in [6.45, 7) is 4.43. The van der Waals surface area contributed by atoms with Crippen LogP contribution in [0.25, 0.3) is 16.8 Å². The molecule has 34 heavy (non-hydrogen) atoms. The van der Waals surface area contributed by atoms with E-state index in [9.17, 15) is 27.5 Å². The summed E-state index contributed by atoms with van der Waals surface area (Å²) in [5.74, 6) is -3.46. The summed E-state index contributed by atoms with van der Waals surface area (Å²) in [5.41, 5.74) is 1.12. The molecule has 3 aromatic rings. The third-order valence-electron chi connectivity index (χ3n) is 6.00. The van der Waals surface area contributed by atoms with Crippen molar-refractivity contribution in [2.75, 3.05) is 23.7 Å². The first kappa shape index (κ1) is 23.8. The van der Waals surface area contributed by atoms with Crippen molar-refractivity contribution in [1.82, 2.24) is 19.5 Å². The zero-order valence-corrected chi connectivity index (χ0v) is 18.4. The summed E-state index contributed by atoms with van der Waals surface area (Å²) in [6.07, 6.45) is -4.92. The molecule has 0 saturated carbocycles. The summed E-state index contributed by atoms with van der Waals surface area (Å²) >= 11 is 0. The molecule has 1 aliphatic rings. The van der Waals surface area contributed by atoms with Crippen molar-refractivity contribution in [1.29, 1.82) is 0 Å². The minimum atomic E-state index is -4.85. The van der Waals surface area contributed by atoms with Crippen molar-refractivity contribution in [2.45, 2.75) is 38.7 Å². The fraction of sp³-hybridized carbons (Fsp3) is 0.381. The van der Waals surface area contributed by atoms with E-state index in [0.717, 1.165) is 27.9 Å². The van der Waals surface area contributed by atoms with Crippen LogP contribution in [0.5, 0.6) is 0 Å². The number of hydrogen-bond donors (Lipinski definition) is 2. The quantitative estimate of drug-likeness (QED) is 0.555. The van der Waals surface area contributed by atoms with E-state index >= 15 is 4.39 Å². The number of fused-ring (bicyclic) bond motifs is 1. The van der Waals surface area contributed by atoms with Gasteiger partial charge in [-0.1, -0.05) is 0 Å². The number of hydrogen-bond acceptors (Lipinski definition) is 6. The van der Waals surface area contributed by atoms with Crippen LogP contribution in [0.2, 0.25) is 0 Å². The average Bonchev–Trinajstić information content (AvgIpc) is 3.12. The highest BCUT2D eigenvalue weighted by Gasteiger charge is 2.45. The molecule has 4 rings (SSSR count). The Morgan fingerprint density at radius 2 is 1.88 bits per heavy atom. The normalized spacial score (nSPS) is 18.0. The maximum absolute atomic E-state index is 15.8. The third kappa shape index (κ3) is 3.55. The summed E-state index contributed by atoms with van der Waals surface area (Å²) in [6, 6.07) is 2.49. The Kier molecular flexibility index (Phi) is 5.52. The van der Waals surface area contributed by atoms with E-state index < -0.39 is 63.6 Å². The highest BCUT2D eigenvalue weighted by atomic mass is 19.4. The Hall–Kier alpha value is -3.32. The van der Waals surface area contributed by atoms with Crippen molar-refractivity contribution in [2.24, 2.45) is 0 Å². The van der Waals surface area contributed by atoms with Gasteiger partial charge >= 0.3 is 6.18 Å². The van der Waals surface area contributed by atoms with Crippen molar-refractivity contribution < 1.29 is 31.9 Å². The lowest BCUT2D eigenvalue weighted by atomic mass is 9.96. The van der Waals surface area contributed by atoms with E-state index in [0.29, 0.717) is 6.07 Å². The standard InChI is InChI=1S/C21H21F5N6O2/c1-10(33)31-7-6-30(19(34)20(31,2)3)17-13(22)5-4-11(15(17)23)14-8-12(21(24,25)26)16-18(27)28-9-29-32(14)16/h4-5,8-10,33H,6-7H2,1-3H3,(H2,27,28,29). The number of nitrogen functional groups attached to an aromatic ring is 1. The molecule has 8 nitrogen and oxygen atoms in total. The Bertz CT molecular complexity index is 1290. The highest BCUT2D eigenvalue weighted by molar-refractivity contribution is 6.01. The number of piperazine rings is 1. The Labute approximate surface area is 190 Å². The molecule has 0 radical (unpaired) electrons. The van der Waals surface area contributed by atoms with Gasteiger partial charge in [0.15, 0.2) is 11.6 Å². The lowest BCUT2D eigenvalue weighted by Crippen LogP contribution is -2.65. The molecule has 1 aliphatic heterocycles. The first-order chi connectivity index (χ1) is 15.8. The number of aliphatic hydroxyl groups is 1.